The number of halogens is 4. The number of rotatable bonds is 15. The van der Waals surface area contributed by atoms with Gasteiger partial charge in [-0.2, -0.15) is 28.1 Å². The van der Waals surface area contributed by atoms with Crippen molar-refractivity contribution >= 4 is 58.6 Å². The molecule has 1 aliphatic carbocycles. The van der Waals surface area contributed by atoms with Gasteiger partial charge < -0.3 is 41.2 Å². The van der Waals surface area contributed by atoms with Crippen LogP contribution in [0.25, 0.3) is 0 Å². The van der Waals surface area contributed by atoms with E-state index in [-0.39, 0.29) is 17.5 Å². The maximum atomic E-state index is 12.9. The van der Waals surface area contributed by atoms with E-state index in [2.05, 4.69) is 41.5 Å². The molecule has 1 fully saturated rings. The van der Waals surface area contributed by atoms with Crippen LogP contribution in [0, 0.1) is 0 Å². The van der Waals surface area contributed by atoms with Crippen LogP contribution in [0.5, 0.6) is 11.8 Å². The fourth-order valence-electron chi connectivity index (χ4n) is 4.81. The Morgan fingerprint density at radius 2 is 1.51 bits per heavy atom. The third kappa shape index (κ3) is 10.9. The van der Waals surface area contributed by atoms with E-state index in [1.165, 1.54) is 36.4 Å². The molecule has 0 aliphatic heterocycles. The van der Waals surface area contributed by atoms with Gasteiger partial charge in [0.2, 0.25) is 11.9 Å². The number of benzene rings is 3. The minimum atomic E-state index is -4.65. The predicted octanol–water partition coefficient (Wildman–Crippen LogP) is 4.65. The molecule has 4 aromatic rings. The third-order valence-electron chi connectivity index (χ3n) is 7.58. The number of nitrogens with zero attached hydrogens (tertiary/aromatic N) is 3. The van der Waals surface area contributed by atoms with Gasteiger partial charge in [-0.05, 0) is 86.0 Å². The van der Waals surface area contributed by atoms with Crippen molar-refractivity contribution in [2.24, 2.45) is 0 Å². The largest absolute Gasteiger partial charge is 0.494 e. The van der Waals surface area contributed by atoms with Crippen LogP contribution >= 0.6 is 11.6 Å². The van der Waals surface area contributed by atoms with Crippen LogP contribution in [0.4, 0.5) is 36.4 Å². The summed E-state index contributed by atoms with van der Waals surface area (Å²) in [7, 11) is 0. The Morgan fingerprint density at radius 1 is 0.868 bits per heavy atom. The Kier molecular flexibility index (Phi) is 11.8. The van der Waals surface area contributed by atoms with Crippen LogP contribution in [0.15, 0.2) is 72.8 Å². The molecule has 1 atom stereocenters. The van der Waals surface area contributed by atoms with Gasteiger partial charge in [0.05, 0.1) is 12.1 Å². The lowest BCUT2D eigenvalue weighted by atomic mass is 10.1. The van der Waals surface area contributed by atoms with Crippen LogP contribution in [0.2, 0.25) is 5.02 Å². The van der Waals surface area contributed by atoms with Crippen LogP contribution in [0.1, 0.15) is 35.7 Å². The molecule has 3 aromatic carbocycles. The average Bonchev–Trinajstić information content (AvgIpc) is 3.90. The number of alkyl halides is 3. The molecule has 6 N–H and O–H groups in total. The maximum absolute atomic E-state index is 12.9. The van der Waals surface area contributed by atoms with Crippen molar-refractivity contribution in [1.82, 2.24) is 25.6 Å². The molecule has 0 radical (unpaired) electrons. The molecule has 5 rings (SSSR count). The highest BCUT2D eigenvalue weighted by Crippen LogP contribution is 2.48. The number of amides is 3. The highest BCUT2D eigenvalue weighted by molar-refractivity contribution is 6.39. The predicted molar refractivity (Wildman–Crippen MR) is 185 cm³/mol. The van der Waals surface area contributed by atoms with Gasteiger partial charge in [0.25, 0.3) is 5.91 Å². The van der Waals surface area contributed by atoms with Gasteiger partial charge in [-0.15, -0.1) is 0 Å². The Labute approximate surface area is 304 Å². The second-order valence-corrected chi connectivity index (χ2v) is 12.0. The first-order chi connectivity index (χ1) is 25.2. The minimum absolute atomic E-state index is 0.0206. The summed E-state index contributed by atoms with van der Waals surface area (Å²) in [6.07, 6.45) is -3.26. The molecule has 0 unspecified atom stereocenters. The third-order valence-corrected chi connectivity index (χ3v) is 7.83. The summed E-state index contributed by atoms with van der Waals surface area (Å²) in [5.74, 6) is -4.13. The molecule has 15 nitrogen and oxygen atoms in total. The summed E-state index contributed by atoms with van der Waals surface area (Å²) in [5.41, 5.74) is 0.936. The number of carbonyl (C=O) groups is 4. The lowest BCUT2D eigenvalue weighted by molar-refractivity contribution is -0.154. The van der Waals surface area contributed by atoms with Crippen LogP contribution in [-0.4, -0.2) is 75.7 Å². The molecule has 1 saturated carbocycles. The molecule has 53 heavy (non-hydrogen) atoms. The summed E-state index contributed by atoms with van der Waals surface area (Å²) in [4.78, 5) is 61.6. The quantitative estimate of drug-likeness (QED) is 0.0918. The lowest BCUT2D eigenvalue weighted by Crippen LogP contribution is -2.50. The summed E-state index contributed by atoms with van der Waals surface area (Å²) in [6.45, 7) is 0.0118. The van der Waals surface area contributed by atoms with Crippen molar-refractivity contribution in [3.05, 3.63) is 88.9 Å². The Morgan fingerprint density at radius 3 is 2.11 bits per heavy atom. The number of aromatic nitrogens is 3. The van der Waals surface area contributed by atoms with Crippen LogP contribution < -0.4 is 36.1 Å². The first kappa shape index (κ1) is 38.1. The minimum Gasteiger partial charge on any atom is -0.494 e. The summed E-state index contributed by atoms with van der Waals surface area (Å²) < 4.78 is 48.9. The fraction of sp³-hybridized carbons (Fsp3) is 0.265. The van der Waals surface area contributed by atoms with E-state index >= 15 is 0 Å². The SMILES string of the molecule is CCOc1ccc(NC(=O)C(=O)NC[C@H](NC(=O)c2ccc(Nc3nc(NC4(c5ccc(Cl)cc5)CC4)nc(OCC(F)(F)F)n3)cc2)C(=O)O)cc1. The summed E-state index contributed by atoms with van der Waals surface area (Å²) >= 11 is 6.01. The van der Waals surface area contributed by atoms with E-state index in [1.807, 2.05) is 19.1 Å². The molecular weight excluding hydrogens is 725 g/mol. The first-order valence-corrected chi connectivity index (χ1v) is 16.3. The average molecular weight is 757 g/mol. The second-order valence-electron chi connectivity index (χ2n) is 11.6. The number of hydrogen-bond donors (Lipinski definition) is 6. The first-order valence-electron chi connectivity index (χ1n) is 15.9. The van der Waals surface area contributed by atoms with Crippen molar-refractivity contribution in [2.75, 3.05) is 35.7 Å². The highest BCUT2D eigenvalue weighted by Gasteiger charge is 2.45. The molecule has 1 aromatic heterocycles. The molecule has 278 valence electrons. The zero-order valence-electron chi connectivity index (χ0n) is 27.8. The maximum Gasteiger partial charge on any atom is 0.422 e. The lowest BCUT2D eigenvalue weighted by Gasteiger charge is -2.19. The highest BCUT2D eigenvalue weighted by atomic mass is 35.5. The van der Waals surface area contributed by atoms with Gasteiger partial charge in [0.1, 0.15) is 11.8 Å². The second kappa shape index (κ2) is 16.4. The van der Waals surface area contributed by atoms with E-state index in [1.54, 1.807) is 24.3 Å². The summed E-state index contributed by atoms with van der Waals surface area (Å²) in [6, 6.07) is 16.6. The number of aliphatic carboxylic acids is 1. The van der Waals surface area contributed by atoms with E-state index in [0.29, 0.717) is 41.6 Å². The number of nitrogens with one attached hydrogen (secondary N) is 5. The zero-order chi connectivity index (χ0) is 38.2. The van der Waals surface area contributed by atoms with Gasteiger partial charge >= 0.3 is 30.0 Å². The normalized spacial score (nSPS) is 13.5. The van der Waals surface area contributed by atoms with E-state index in [4.69, 9.17) is 21.1 Å². The van der Waals surface area contributed by atoms with Gasteiger partial charge in [0, 0.05) is 28.5 Å². The zero-order valence-corrected chi connectivity index (χ0v) is 28.5. The van der Waals surface area contributed by atoms with E-state index < -0.39 is 60.6 Å². The smallest absolute Gasteiger partial charge is 0.422 e. The van der Waals surface area contributed by atoms with Crippen molar-refractivity contribution in [1.29, 1.82) is 0 Å². The summed E-state index contributed by atoms with van der Waals surface area (Å²) in [5, 5.41) is 23.0. The molecule has 0 saturated heterocycles. The van der Waals surface area contributed by atoms with Crippen molar-refractivity contribution in [3.63, 3.8) is 0 Å². The standard InChI is InChI=1S/C34H32ClF3N8O7/c1-2-52-24-13-11-22(12-14-24)40-28(49)27(48)39-17-25(29(50)51)42-26(47)19-3-9-23(10-4-19)41-30-43-31(45-32(44-30)53-18-34(36,37)38)46-33(15-16-33)20-5-7-21(35)8-6-20/h3-14,25H,2,15-18H2,1H3,(H,39,48)(H,40,49)(H,42,47)(H,50,51)(H2,41,43,44,45,46)/t25-/m0/s1. The number of carbonyl (C=O) groups excluding carboxylic acids is 3. The van der Waals surface area contributed by atoms with Crippen molar-refractivity contribution in [2.45, 2.75) is 37.5 Å². The monoisotopic (exact) mass is 756 g/mol. The Bertz CT molecular complexity index is 1950. The molecule has 0 bridgehead atoms. The number of carboxylic acid groups (broad SMARTS) is 1. The number of hydrogen-bond acceptors (Lipinski definition) is 11. The van der Waals surface area contributed by atoms with E-state index in [9.17, 15) is 37.5 Å². The van der Waals surface area contributed by atoms with Gasteiger partial charge in [-0.1, -0.05) is 23.7 Å². The van der Waals surface area contributed by atoms with Crippen molar-refractivity contribution < 1.29 is 46.9 Å². The molecule has 1 aliphatic rings. The molecular formula is C34H32ClF3N8O7. The van der Waals surface area contributed by atoms with Gasteiger partial charge in [-0.3, -0.25) is 14.4 Å². The van der Waals surface area contributed by atoms with Crippen molar-refractivity contribution in [3.8, 4) is 11.8 Å². The number of anilines is 4. The van der Waals surface area contributed by atoms with Gasteiger partial charge in [-0.25, -0.2) is 4.79 Å². The fourth-order valence-corrected chi connectivity index (χ4v) is 4.94. The van der Waals surface area contributed by atoms with Gasteiger partial charge in [0.15, 0.2) is 6.61 Å². The molecule has 19 heteroatoms. The number of ether oxygens (including phenoxy) is 2. The topological polar surface area (TPSA) is 206 Å². The molecule has 1 heterocycles. The molecule has 3 amide bonds. The Balaban J connectivity index is 1.20. The van der Waals surface area contributed by atoms with E-state index in [0.717, 1.165) is 5.56 Å². The van der Waals surface area contributed by atoms with Crippen LogP contribution in [-0.2, 0) is 19.9 Å². The number of carboxylic acids is 1. The van der Waals surface area contributed by atoms with Crippen LogP contribution in [0.3, 0.4) is 0 Å². The molecule has 0 spiro atoms. The Hall–Kier alpha value is -6.17.